The summed E-state index contributed by atoms with van der Waals surface area (Å²) in [5, 5.41) is 13.5. The molecule has 0 saturated heterocycles. The molecule has 21 heavy (non-hydrogen) atoms. The fourth-order valence-corrected chi connectivity index (χ4v) is 2.26. The van der Waals surface area contributed by atoms with Gasteiger partial charge in [-0.25, -0.2) is 0 Å². The molecule has 1 heterocycles. The van der Waals surface area contributed by atoms with E-state index in [0.29, 0.717) is 12.1 Å². The summed E-state index contributed by atoms with van der Waals surface area (Å²) in [6.45, 7) is 2.04. The van der Waals surface area contributed by atoms with Crippen molar-refractivity contribution in [3.63, 3.8) is 0 Å². The maximum absolute atomic E-state index is 12.2. The van der Waals surface area contributed by atoms with E-state index in [1.54, 1.807) is 6.20 Å². The number of rotatable bonds is 6. The molecular weight excluding hydrogens is 268 g/mol. The molecule has 1 unspecified atom stereocenters. The molecular formula is C16H18N2O3. The van der Waals surface area contributed by atoms with Gasteiger partial charge in [-0.05, 0) is 17.9 Å². The number of aliphatic carboxylic acids is 1. The van der Waals surface area contributed by atoms with Crippen LogP contribution in [0.25, 0.3) is 10.8 Å². The monoisotopic (exact) mass is 286 g/mol. The van der Waals surface area contributed by atoms with Crippen LogP contribution in [-0.4, -0.2) is 28.5 Å². The van der Waals surface area contributed by atoms with E-state index in [4.69, 9.17) is 5.11 Å². The van der Waals surface area contributed by atoms with E-state index in [0.717, 1.165) is 17.2 Å². The first kappa shape index (κ1) is 15.0. The van der Waals surface area contributed by atoms with Gasteiger partial charge in [-0.1, -0.05) is 37.6 Å². The summed E-state index contributed by atoms with van der Waals surface area (Å²) in [5.74, 6) is -1.79. The van der Waals surface area contributed by atoms with Gasteiger partial charge in [-0.3, -0.25) is 14.6 Å². The Kier molecular flexibility index (Phi) is 4.87. The first-order valence-electron chi connectivity index (χ1n) is 6.98. The predicted octanol–water partition coefficient (Wildman–Crippen LogP) is 2.47. The van der Waals surface area contributed by atoms with Crippen LogP contribution in [0.15, 0.2) is 36.5 Å². The van der Waals surface area contributed by atoms with Gasteiger partial charge in [-0.2, -0.15) is 0 Å². The number of carbonyl (C=O) groups is 2. The topological polar surface area (TPSA) is 79.3 Å². The minimum absolute atomic E-state index is 0.118. The van der Waals surface area contributed by atoms with Gasteiger partial charge >= 0.3 is 5.97 Å². The molecule has 0 fully saturated rings. The lowest BCUT2D eigenvalue weighted by Gasteiger charge is -2.12. The number of carbonyl (C=O) groups excluding carboxylic acids is 1. The van der Waals surface area contributed by atoms with Crippen molar-refractivity contribution in [1.29, 1.82) is 0 Å². The Morgan fingerprint density at radius 3 is 2.76 bits per heavy atom. The number of fused-ring (bicyclic) bond motifs is 1. The van der Waals surface area contributed by atoms with Crippen molar-refractivity contribution in [1.82, 2.24) is 10.3 Å². The maximum atomic E-state index is 12.2. The number of carboxylic acid groups (broad SMARTS) is 1. The largest absolute Gasteiger partial charge is 0.481 e. The maximum Gasteiger partial charge on any atom is 0.308 e. The Bertz CT molecular complexity index is 650. The normalized spacial score (nSPS) is 12.0. The van der Waals surface area contributed by atoms with Crippen molar-refractivity contribution in [3.8, 4) is 0 Å². The SMILES string of the molecule is CCCC(CNC(=O)c1nccc2ccccc12)C(=O)O. The van der Waals surface area contributed by atoms with Gasteiger partial charge in [-0.15, -0.1) is 0 Å². The predicted molar refractivity (Wildman–Crippen MR) is 80.1 cm³/mol. The highest BCUT2D eigenvalue weighted by Crippen LogP contribution is 2.16. The fraction of sp³-hybridized carbons (Fsp3) is 0.312. The smallest absolute Gasteiger partial charge is 0.308 e. The molecule has 0 spiro atoms. The summed E-state index contributed by atoms with van der Waals surface area (Å²) < 4.78 is 0. The first-order chi connectivity index (χ1) is 10.1. The number of nitrogens with zero attached hydrogens (tertiary/aromatic N) is 1. The van der Waals surface area contributed by atoms with Crippen LogP contribution in [0, 0.1) is 5.92 Å². The van der Waals surface area contributed by atoms with Crippen LogP contribution < -0.4 is 5.32 Å². The number of carboxylic acids is 1. The summed E-state index contributed by atoms with van der Waals surface area (Å²) in [4.78, 5) is 27.4. The van der Waals surface area contributed by atoms with Gasteiger partial charge < -0.3 is 10.4 Å². The molecule has 0 saturated carbocycles. The number of aromatic nitrogens is 1. The zero-order chi connectivity index (χ0) is 15.2. The van der Waals surface area contributed by atoms with Crippen molar-refractivity contribution in [2.75, 3.05) is 6.54 Å². The zero-order valence-corrected chi connectivity index (χ0v) is 11.9. The lowest BCUT2D eigenvalue weighted by atomic mass is 10.0. The van der Waals surface area contributed by atoms with Crippen molar-refractivity contribution in [2.24, 2.45) is 5.92 Å². The molecule has 2 rings (SSSR count). The third-order valence-electron chi connectivity index (χ3n) is 3.38. The van der Waals surface area contributed by atoms with Gasteiger partial charge in [0, 0.05) is 18.1 Å². The average molecular weight is 286 g/mol. The van der Waals surface area contributed by atoms with Crippen molar-refractivity contribution < 1.29 is 14.7 Å². The molecule has 1 aromatic carbocycles. The van der Waals surface area contributed by atoms with Crippen LogP contribution >= 0.6 is 0 Å². The Morgan fingerprint density at radius 2 is 2.05 bits per heavy atom. The van der Waals surface area contributed by atoms with Crippen molar-refractivity contribution >= 4 is 22.6 Å². The summed E-state index contributed by atoms with van der Waals surface area (Å²) in [6, 6.07) is 9.32. The second kappa shape index (κ2) is 6.83. The first-order valence-corrected chi connectivity index (χ1v) is 6.98. The highest BCUT2D eigenvalue weighted by molar-refractivity contribution is 6.05. The van der Waals surface area contributed by atoms with Crippen LogP contribution in [0.1, 0.15) is 30.3 Å². The van der Waals surface area contributed by atoms with E-state index in [-0.39, 0.29) is 12.5 Å². The Hall–Kier alpha value is -2.43. The van der Waals surface area contributed by atoms with Crippen LogP contribution in [-0.2, 0) is 4.79 Å². The van der Waals surface area contributed by atoms with E-state index in [2.05, 4.69) is 10.3 Å². The summed E-state index contributed by atoms with van der Waals surface area (Å²) in [6.07, 6.45) is 2.88. The molecule has 5 heteroatoms. The molecule has 0 bridgehead atoms. The zero-order valence-electron chi connectivity index (χ0n) is 11.9. The molecule has 0 radical (unpaired) electrons. The summed E-state index contributed by atoms with van der Waals surface area (Å²) in [7, 11) is 0. The van der Waals surface area contributed by atoms with Crippen molar-refractivity contribution in [2.45, 2.75) is 19.8 Å². The van der Waals surface area contributed by atoms with Gasteiger partial charge in [0.1, 0.15) is 5.69 Å². The van der Waals surface area contributed by atoms with E-state index in [9.17, 15) is 9.59 Å². The molecule has 0 aliphatic heterocycles. The van der Waals surface area contributed by atoms with Gasteiger partial charge in [0.15, 0.2) is 0 Å². The number of benzene rings is 1. The third-order valence-corrected chi connectivity index (χ3v) is 3.38. The Balaban J connectivity index is 2.14. The fourth-order valence-electron chi connectivity index (χ4n) is 2.26. The van der Waals surface area contributed by atoms with Crippen LogP contribution in [0.2, 0.25) is 0 Å². The van der Waals surface area contributed by atoms with Crippen LogP contribution in [0.3, 0.4) is 0 Å². The molecule has 5 nitrogen and oxygen atoms in total. The average Bonchev–Trinajstić information content (AvgIpc) is 2.50. The number of hydrogen-bond acceptors (Lipinski definition) is 3. The molecule has 2 N–H and O–H groups in total. The molecule has 0 aliphatic carbocycles. The Morgan fingerprint density at radius 1 is 1.29 bits per heavy atom. The highest BCUT2D eigenvalue weighted by Gasteiger charge is 2.18. The van der Waals surface area contributed by atoms with E-state index < -0.39 is 11.9 Å². The molecule has 2 aromatic rings. The van der Waals surface area contributed by atoms with Gasteiger partial charge in [0.05, 0.1) is 5.92 Å². The third kappa shape index (κ3) is 3.56. The summed E-state index contributed by atoms with van der Waals surface area (Å²) >= 11 is 0. The van der Waals surface area contributed by atoms with Gasteiger partial charge in [0.25, 0.3) is 5.91 Å². The molecule has 110 valence electrons. The van der Waals surface area contributed by atoms with Crippen molar-refractivity contribution in [3.05, 3.63) is 42.2 Å². The molecule has 1 atom stereocenters. The minimum atomic E-state index is -0.886. The minimum Gasteiger partial charge on any atom is -0.481 e. The quantitative estimate of drug-likeness (QED) is 0.855. The van der Waals surface area contributed by atoms with Gasteiger partial charge in [0.2, 0.25) is 0 Å². The molecule has 0 aliphatic rings. The van der Waals surface area contributed by atoms with E-state index in [1.807, 2.05) is 37.3 Å². The summed E-state index contributed by atoms with van der Waals surface area (Å²) in [5.41, 5.74) is 0.328. The number of hydrogen-bond donors (Lipinski definition) is 2. The van der Waals surface area contributed by atoms with Crippen LogP contribution in [0.4, 0.5) is 0 Å². The van der Waals surface area contributed by atoms with E-state index >= 15 is 0 Å². The van der Waals surface area contributed by atoms with Crippen LogP contribution in [0.5, 0.6) is 0 Å². The standard InChI is InChI=1S/C16H18N2O3/c1-2-5-12(16(20)21)10-18-15(19)14-13-7-4-3-6-11(13)8-9-17-14/h3-4,6-9,12H,2,5,10H2,1H3,(H,18,19)(H,20,21). The second-order valence-corrected chi connectivity index (χ2v) is 4.91. The number of pyridine rings is 1. The number of nitrogens with one attached hydrogen (secondary N) is 1. The Labute approximate surface area is 123 Å². The second-order valence-electron chi connectivity index (χ2n) is 4.91. The highest BCUT2D eigenvalue weighted by atomic mass is 16.4. The molecule has 1 aromatic heterocycles. The lowest BCUT2D eigenvalue weighted by molar-refractivity contribution is -0.141. The lowest BCUT2D eigenvalue weighted by Crippen LogP contribution is -2.33. The van der Waals surface area contributed by atoms with E-state index in [1.165, 1.54) is 0 Å². The molecule has 1 amide bonds. The number of amides is 1.